The smallest absolute Gasteiger partial charge is 0.319 e. The number of hydrogen-bond donors (Lipinski definition) is 2. The van der Waals surface area contributed by atoms with E-state index in [0.29, 0.717) is 36.9 Å². The number of benzene rings is 2. The van der Waals surface area contributed by atoms with E-state index in [9.17, 15) is 4.79 Å². The fourth-order valence-corrected chi connectivity index (χ4v) is 3.57. The second kappa shape index (κ2) is 9.01. The molecule has 1 aliphatic heterocycles. The van der Waals surface area contributed by atoms with Crippen molar-refractivity contribution in [3.8, 4) is 11.5 Å². The van der Waals surface area contributed by atoms with Crippen LogP contribution < -0.4 is 20.1 Å². The number of ether oxygens (including phenoxy) is 2. The predicted octanol–water partition coefficient (Wildman–Crippen LogP) is 4.28. The number of halogens is 1. The highest BCUT2D eigenvalue weighted by molar-refractivity contribution is 9.10. The van der Waals surface area contributed by atoms with Crippen LogP contribution in [0.1, 0.15) is 5.56 Å². The highest BCUT2D eigenvalue weighted by Gasteiger charge is 2.16. The second-order valence-electron chi connectivity index (χ2n) is 5.39. The summed E-state index contributed by atoms with van der Waals surface area (Å²) in [5.41, 5.74) is 1.94. The van der Waals surface area contributed by atoms with E-state index in [1.54, 1.807) is 23.9 Å². The molecule has 0 saturated carbocycles. The summed E-state index contributed by atoms with van der Waals surface area (Å²) in [6, 6.07) is 13.6. The molecule has 25 heavy (non-hydrogen) atoms. The summed E-state index contributed by atoms with van der Waals surface area (Å²) in [6.07, 6.45) is 0. The van der Waals surface area contributed by atoms with E-state index in [1.807, 2.05) is 18.2 Å². The average Bonchev–Trinajstić information content (AvgIpc) is 2.63. The molecule has 0 radical (unpaired) electrons. The molecule has 0 unspecified atom stereocenters. The van der Waals surface area contributed by atoms with Crippen LogP contribution in [-0.2, 0) is 5.75 Å². The molecule has 1 heterocycles. The number of hydrogen-bond acceptors (Lipinski definition) is 4. The van der Waals surface area contributed by atoms with Crippen molar-refractivity contribution >= 4 is 39.4 Å². The maximum atomic E-state index is 12.0. The van der Waals surface area contributed by atoms with Gasteiger partial charge in [0.15, 0.2) is 11.5 Å². The van der Waals surface area contributed by atoms with Crippen molar-refractivity contribution in [1.82, 2.24) is 5.32 Å². The molecule has 2 aromatic rings. The van der Waals surface area contributed by atoms with Gasteiger partial charge in [0.2, 0.25) is 0 Å². The van der Waals surface area contributed by atoms with Crippen molar-refractivity contribution in [1.29, 1.82) is 0 Å². The first-order chi connectivity index (χ1) is 12.2. The molecule has 7 heteroatoms. The third-order valence-corrected chi connectivity index (χ3v) is 5.21. The Morgan fingerprint density at radius 1 is 1.12 bits per heavy atom. The van der Waals surface area contributed by atoms with Crippen molar-refractivity contribution in [2.45, 2.75) is 5.75 Å². The van der Waals surface area contributed by atoms with Crippen LogP contribution in [0.15, 0.2) is 46.9 Å². The van der Waals surface area contributed by atoms with Gasteiger partial charge >= 0.3 is 6.03 Å². The highest BCUT2D eigenvalue weighted by atomic mass is 79.9. The van der Waals surface area contributed by atoms with Gasteiger partial charge in [0, 0.05) is 34.7 Å². The SMILES string of the molecule is O=C(NCCSCc1ccccc1)Nc1cc2c(cc1Br)OCCO2. The van der Waals surface area contributed by atoms with Crippen LogP contribution in [0.3, 0.4) is 0 Å². The number of urea groups is 1. The van der Waals surface area contributed by atoms with Gasteiger partial charge < -0.3 is 20.1 Å². The quantitative estimate of drug-likeness (QED) is 0.682. The molecule has 0 bridgehead atoms. The van der Waals surface area contributed by atoms with E-state index in [4.69, 9.17) is 9.47 Å². The molecule has 0 saturated heterocycles. The molecule has 2 N–H and O–H groups in total. The zero-order chi connectivity index (χ0) is 17.5. The Hall–Kier alpha value is -1.86. The molecular weight excluding hydrogens is 404 g/mol. The molecule has 0 aliphatic carbocycles. The van der Waals surface area contributed by atoms with Crippen LogP contribution in [0.5, 0.6) is 11.5 Å². The van der Waals surface area contributed by atoms with Crippen molar-refractivity contribution in [2.75, 3.05) is 30.8 Å². The standard InChI is InChI=1S/C18H19BrN2O3S/c19-14-10-16-17(24-8-7-23-16)11-15(14)21-18(22)20-6-9-25-12-13-4-2-1-3-5-13/h1-5,10-11H,6-9,12H2,(H2,20,21,22). The molecule has 1 aliphatic rings. The normalized spacial score (nSPS) is 12.5. The van der Waals surface area contributed by atoms with Crippen molar-refractivity contribution < 1.29 is 14.3 Å². The van der Waals surface area contributed by atoms with Gasteiger partial charge in [-0.25, -0.2) is 4.79 Å². The van der Waals surface area contributed by atoms with Crippen molar-refractivity contribution in [2.24, 2.45) is 0 Å². The highest BCUT2D eigenvalue weighted by Crippen LogP contribution is 2.38. The molecule has 2 amide bonds. The zero-order valence-electron chi connectivity index (χ0n) is 13.6. The maximum Gasteiger partial charge on any atom is 0.319 e. The van der Waals surface area contributed by atoms with Gasteiger partial charge in [-0.1, -0.05) is 30.3 Å². The number of carbonyl (C=O) groups excluding carboxylic acids is 1. The molecular formula is C18H19BrN2O3S. The number of carbonyl (C=O) groups is 1. The van der Waals surface area contributed by atoms with Crippen LogP contribution in [0.2, 0.25) is 0 Å². The summed E-state index contributed by atoms with van der Waals surface area (Å²) in [6.45, 7) is 1.65. The molecule has 0 fully saturated rings. The monoisotopic (exact) mass is 422 g/mol. The maximum absolute atomic E-state index is 12.0. The Morgan fingerprint density at radius 3 is 2.60 bits per heavy atom. The van der Waals surface area contributed by atoms with E-state index in [1.165, 1.54) is 5.56 Å². The van der Waals surface area contributed by atoms with Gasteiger partial charge in [-0.2, -0.15) is 11.8 Å². The van der Waals surface area contributed by atoms with Gasteiger partial charge in [0.05, 0.1) is 5.69 Å². The number of nitrogens with one attached hydrogen (secondary N) is 2. The molecule has 0 aromatic heterocycles. The summed E-state index contributed by atoms with van der Waals surface area (Å²) < 4.78 is 11.8. The Labute approximate surface area is 159 Å². The molecule has 0 atom stereocenters. The lowest BCUT2D eigenvalue weighted by molar-refractivity contribution is 0.171. The van der Waals surface area contributed by atoms with Crippen LogP contribution in [0, 0.1) is 0 Å². The Kier molecular flexibility index (Phi) is 6.47. The summed E-state index contributed by atoms with van der Waals surface area (Å²) in [7, 11) is 0. The van der Waals surface area contributed by atoms with Gasteiger partial charge in [-0.15, -0.1) is 0 Å². The summed E-state index contributed by atoms with van der Waals surface area (Å²) >= 11 is 5.23. The first-order valence-electron chi connectivity index (χ1n) is 7.98. The van der Waals surface area contributed by atoms with Crippen LogP contribution >= 0.6 is 27.7 Å². The fraction of sp³-hybridized carbons (Fsp3) is 0.278. The van der Waals surface area contributed by atoms with Gasteiger partial charge in [-0.05, 0) is 21.5 Å². The van der Waals surface area contributed by atoms with E-state index in [0.717, 1.165) is 16.0 Å². The zero-order valence-corrected chi connectivity index (χ0v) is 16.0. The van der Waals surface area contributed by atoms with E-state index in [2.05, 4.69) is 38.7 Å². The summed E-state index contributed by atoms with van der Waals surface area (Å²) in [5, 5.41) is 5.69. The molecule has 3 rings (SSSR count). The lowest BCUT2D eigenvalue weighted by Gasteiger charge is -2.20. The summed E-state index contributed by atoms with van der Waals surface area (Å²) in [4.78, 5) is 12.0. The van der Waals surface area contributed by atoms with Crippen molar-refractivity contribution in [3.05, 3.63) is 52.5 Å². The molecule has 132 valence electrons. The van der Waals surface area contributed by atoms with Gasteiger partial charge in [-0.3, -0.25) is 0 Å². The molecule has 5 nitrogen and oxygen atoms in total. The summed E-state index contributed by atoms with van der Waals surface area (Å²) in [5.74, 6) is 3.12. The van der Waals surface area contributed by atoms with E-state index < -0.39 is 0 Å². The Morgan fingerprint density at radius 2 is 1.84 bits per heavy atom. The van der Waals surface area contributed by atoms with Gasteiger partial charge in [0.25, 0.3) is 0 Å². The minimum Gasteiger partial charge on any atom is -0.486 e. The number of fused-ring (bicyclic) bond motifs is 1. The largest absolute Gasteiger partial charge is 0.486 e. The van der Waals surface area contributed by atoms with E-state index in [-0.39, 0.29) is 6.03 Å². The first kappa shape index (κ1) is 17.9. The topological polar surface area (TPSA) is 59.6 Å². The Balaban J connectivity index is 1.42. The lowest BCUT2D eigenvalue weighted by Crippen LogP contribution is -2.30. The second-order valence-corrected chi connectivity index (χ2v) is 7.35. The number of anilines is 1. The molecule has 2 aromatic carbocycles. The third-order valence-electron chi connectivity index (χ3n) is 3.52. The first-order valence-corrected chi connectivity index (χ1v) is 9.93. The number of amides is 2. The van der Waals surface area contributed by atoms with Crippen LogP contribution in [-0.4, -0.2) is 31.5 Å². The lowest BCUT2D eigenvalue weighted by atomic mass is 10.2. The van der Waals surface area contributed by atoms with Crippen LogP contribution in [0.25, 0.3) is 0 Å². The van der Waals surface area contributed by atoms with Gasteiger partial charge in [0.1, 0.15) is 13.2 Å². The predicted molar refractivity (Wildman–Crippen MR) is 105 cm³/mol. The minimum atomic E-state index is -0.238. The number of thioether (sulfide) groups is 1. The minimum absolute atomic E-state index is 0.238. The molecule has 0 spiro atoms. The van der Waals surface area contributed by atoms with Crippen molar-refractivity contribution in [3.63, 3.8) is 0 Å². The number of rotatable bonds is 6. The average molecular weight is 423 g/mol. The third kappa shape index (κ3) is 5.31. The van der Waals surface area contributed by atoms with Crippen LogP contribution in [0.4, 0.5) is 10.5 Å². The fourth-order valence-electron chi connectivity index (χ4n) is 2.33. The van der Waals surface area contributed by atoms with E-state index >= 15 is 0 Å². The Bertz CT molecular complexity index is 728.